The van der Waals surface area contributed by atoms with Gasteiger partial charge in [0.05, 0.1) is 51.1 Å². The normalized spacial score (nSPS) is 15.2. The van der Waals surface area contributed by atoms with Gasteiger partial charge in [0.2, 0.25) is 5.91 Å². The SMILES string of the molecule is C=CC(=O)N1CC[C@H](n2nc(C#Cc3cc4ncn(CC)c4cc3F)c3c(N)ncc(-c4cscn4)c32)C1. The Bertz CT molecular complexity index is 1780. The second-order valence-corrected chi connectivity index (χ2v) is 9.70. The fourth-order valence-corrected chi connectivity index (χ4v) is 5.46. The monoisotopic (exact) mass is 526 g/mol. The van der Waals surface area contributed by atoms with Gasteiger partial charge in [-0.05, 0) is 31.4 Å². The molecule has 1 amide bonds. The van der Waals surface area contributed by atoms with Crippen LogP contribution in [-0.4, -0.2) is 53.2 Å². The summed E-state index contributed by atoms with van der Waals surface area (Å²) in [6.45, 7) is 7.32. The number of hydrogen-bond donors (Lipinski definition) is 1. The van der Waals surface area contributed by atoms with Crippen molar-refractivity contribution in [2.24, 2.45) is 0 Å². The number of thiazole rings is 1. The molecule has 0 bridgehead atoms. The van der Waals surface area contributed by atoms with Gasteiger partial charge in [0, 0.05) is 42.8 Å². The van der Waals surface area contributed by atoms with E-state index in [1.165, 1.54) is 23.5 Å². The molecule has 1 fully saturated rings. The van der Waals surface area contributed by atoms with Gasteiger partial charge in [-0.1, -0.05) is 12.5 Å². The van der Waals surface area contributed by atoms with Gasteiger partial charge in [0.25, 0.3) is 0 Å². The lowest BCUT2D eigenvalue weighted by Gasteiger charge is -2.16. The third-order valence-electron chi connectivity index (χ3n) is 6.82. The molecule has 0 radical (unpaired) electrons. The molecule has 1 aliphatic rings. The molecular formula is C27H23FN8OS. The van der Waals surface area contributed by atoms with Gasteiger partial charge in [0.1, 0.15) is 17.3 Å². The Morgan fingerprint density at radius 2 is 2.18 bits per heavy atom. The third kappa shape index (κ3) is 3.90. The summed E-state index contributed by atoms with van der Waals surface area (Å²) >= 11 is 1.47. The number of carbonyl (C=O) groups is 1. The Labute approximate surface area is 221 Å². The van der Waals surface area contributed by atoms with E-state index in [-0.39, 0.29) is 23.3 Å². The Hall–Kier alpha value is -4.56. The molecule has 11 heteroatoms. The lowest BCUT2D eigenvalue weighted by atomic mass is 10.1. The number of imidazole rings is 1. The number of carbonyl (C=O) groups excluding carboxylic acids is 1. The number of benzene rings is 1. The predicted octanol–water partition coefficient (Wildman–Crippen LogP) is 4.00. The molecule has 2 N–H and O–H groups in total. The second kappa shape index (κ2) is 9.39. The predicted molar refractivity (Wildman–Crippen MR) is 145 cm³/mol. The van der Waals surface area contributed by atoms with E-state index in [0.29, 0.717) is 48.2 Å². The van der Waals surface area contributed by atoms with Crippen LogP contribution in [0.3, 0.4) is 0 Å². The number of pyridine rings is 1. The summed E-state index contributed by atoms with van der Waals surface area (Å²) in [6.07, 6.45) is 5.39. The number of fused-ring (bicyclic) bond motifs is 2. The van der Waals surface area contributed by atoms with Crippen molar-refractivity contribution in [2.75, 3.05) is 18.8 Å². The van der Waals surface area contributed by atoms with Crippen LogP contribution in [0.25, 0.3) is 33.2 Å². The van der Waals surface area contributed by atoms with Crippen LogP contribution in [-0.2, 0) is 11.3 Å². The molecule has 0 unspecified atom stereocenters. The fraction of sp³-hybridized carbons (Fsp3) is 0.222. The van der Waals surface area contributed by atoms with Crippen molar-refractivity contribution in [3.05, 3.63) is 65.3 Å². The zero-order chi connectivity index (χ0) is 26.4. The average Bonchev–Trinajstić information content (AvgIpc) is 3.73. The van der Waals surface area contributed by atoms with Crippen molar-refractivity contribution in [1.29, 1.82) is 0 Å². The Morgan fingerprint density at radius 1 is 1.32 bits per heavy atom. The van der Waals surface area contributed by atoms with Crippen molar-refractivity contribution in [1.82, 2.24) is 34.2 Å². The Kier molecular flexibility index (Phi) is 5.88. The van der Waals surface area contributed by atoms with E-state index >= 15 is 4.39 Å². The zero-order valence-electron chi connectivity index (χ0n) is 20.6. The van der Waals surface area contributed by atoms with Crippen LogP contribution in [0.2, 0.25) is 0 Å². The summed E-state index contributed by atoms with van der Waals surface area (Å²) < 4.78 is 18.7. The highest BCUT2D eigenvalue weighted by molar-refractivity contribution is 7.07. The molecule has 4 aromatic heterocycles. The van der Waals surface area contributed by atoms with Crippen LogP contribution < -0.4 is 5.73 Å². The van der Waals surface area contributed by atoms with Crippen molar-refractivity contribution in [3.8, 4) is 23.1 Å². The average molecular weight is 527 g/mol. The number of rotatable bonds is 4. The number of halogens is 1. The highest BCUT2D eigenvalue weighted by atomic mass is 32.1. The maximum absolute atomic E-state index is 15.0. The molecule has 1 aromatic carbocycles. The molecule has 0 aliphatic carbocycles. The van der Waals surface area contributed by atoms with E-state index in [2.05, 4.69) is 33.4 Å². The molecule has 5 aromatic rings. The third-order valence-corrected chi connectivity index (χ3v) is 7.41. The molecule has 0 saturated carbocycles. The maximum Gasteiger partial charge on any atom is 0.246 e. The number of aromatic nitrogens is 6. The van der Waals surface area contributed by atoms with E-state index < -0.39 is 5.82 Å². The molecule has 9 nitrogen and oxygen atoms in total. The summed E-state index contributed by atoms with van der Waals surface area (Å²) in [4.78, 5) is 27.2. The first kappa shape index (κ1) is 23.8. The minimum Gasteiger partial charge on any atom is -0.383 e. The molecule has 38 heavy (non-hydrogen) atoms. The minimum atomic E-state index is -0.437. The first-order valence-corrected chi connectivity index (χ1v) is 13.1. The van der Waals surface area contributed by atoms with E-state index in [1.54, 1.807) is 29.0 Å². The second-order valence-electron chi connectivity index (χ2n) is 8.98. The van der Waals surface area contributed by atoms with Crippen LogP contribution in [0.5, 0.6) is 0 Å². The van der Waals surface area contributed by atoms with E-state index in [4.69, 9.17) is 10.8 Å². The van der Waals surface area contributed by atoms with Gasteiger partial charge in [-0.2, -0.15) is 5.10 Å². The van der Waals surface area contributed by atoms with Gasteiger partial charge in [0.15, 0.2) is 0 Å². The lowest BCUT2D eigenvalue weighted by Crippen LogP contribution is -2.27. The highest BCUT2D eigenvalue weighted by Gasteiger charge is 2.30. The molecule has 190 valence electrons. The molecule has 1 atom stereocenters. The standard InChI is InChI=1S/C27H23FN8OS/c1-3-24(37)35-8-7-17(12-35)36-26-18(22-13-38-15-32-22)11-30-27(29)25(26)20(33-36)6-5-16-9-21-23(10-19(16)28)34(4-2)14-31-21/h3,9-11,13-15,17H,1,4,7-8,12H2,2H3,(H2,29,30)/t17-/m0/s1. The van der Waals surface area contributed by atoms with Gasteiger partial charge in [-0.3, -0.25) is 9.48 Å². The summed E-state index contributed by atoms with van der Waals surface area (Å²) in [5.74, 6) is 5.69. The molecule has 6 rings (SSSR count). The van der Waals surface area contributed by atoms with E-state index in [0.717, 1.165) is 16.8 Å². The van der Waals surface area contributed by atoms with Crippen molar-refractivity contribution in [2.45, 2.75) is 25.9 Å². The topological polar surface area (TPSA) is 108 Å². The van der Waals surface area contributed by atoms with Crippen molar-refractivity contribution < 1.29 is 9.18 Å². The summed E-state index contributed by atoms with van der Waals surface area (Å²) in [6, 6.07) is 2.98. The number of nitrogen functional groups attached to an aromatic ring is 1. The van der Waals surface area contributed by atoms with Crippen LogP contribution in [0.1, 0.15) is 30.6 Å². The summed E-state index contributed by atoms with van der Waals surface area (Å²) in [7, 11) is 0. The smallest absolute Gasteiger partial charge is 0.246 e. The number of nitrogens with zero attached hydrogens (tertiary/aromatic N) is 7. The van der Waals surface area contributed by atoms with Crippen LogP contribution in [0.4, 0.5) is 10.2 Å². The molecule has 1 aliphatic heterocycles. The number of likely N-dealkylation sites (tertiary alicyclic amines) is 1. The summed E-state index contributed by atoms with van der Waals surface area (Å²) in [5, 5.41) is 7.34. The molecular weight excluding hydrogens is 503 g/mol. The first-order chi connectivity index (χ1) is 18.5. The number of amides is 1. The van der Waals surface area contributed by atoms with Gasteiger partial charge >= 0.3 is 0 Å². The number of nitrogens with two attached hydrogens (primary N) is 1. The first-order valence-electron chi connectivity index (χ1n) is 12.1. The summed E-state index contributed by atoms with van der Waals surface area (Å²) in [5.41, 5.74) is 12.3. The molecule has 5 heterocycles. The van der Waals surface area contributed by atoms with E-state index in [1.807, 2.05) is 21.6 Å². The lowest BCUT2D eigenvalue weighted by molar-refractivity contribution is -0.125. The number of hydrogen-bond acceptors (Lipinski definition) is 7. The quantitative estimate of drug-likeness (QED) is 0.280. The van der Waals surface area contributed by atoms with Crippen LogP contribution in [0.15, 0.2) is 48.2 Å². The highest BCUT2D eigenvalue weighted by Crippen LogP contribution is 2.36. The van der Waals surface area contributed by atoms with Crippen molar-refractivity contribution in [3.63, 3.8) is 0 Å². The van der Waals surface area contributed by atoms with Gasteiger partial charge in [-0.15, -0.1) is 11.3 Å². The number of anilines is 1. The Morgan fingerprint density at radius 3 is 2.95 bits per heavy atom. The zero-order valence-corrected chi connectivity index (χ0v) is 21.4. The Balaban J connectivity index is 1.51. The maximum atomic E-state index is 15.0. The van der Waals surface area contributed by atoms with Gasteiger partial charge < -0.3 is 15.2 Å². The molecule has 0 spiro atoms. The van der Waals surface area contributed by atoms with Crippen molar-refractivity contribution >= 4 is 45.0 Å². The molecule has 1 saturated heterocycles. The van der Waals surface area contributed by atoms with Crippen LogP contribution >= 0.6 is 11.3 Å². The van der Waals surface area contributed by atoms with Gasteiger partial charge in [-0.25, -0.2) is 19.3 Å². The number of aryl methyl sites for hydroxylation is 1. The minimum absolute atomic E-state index is 0.109. The van der Waals surface area contributed by atoms with E-state index in [9.17, 15) is 4.79 Å². The fourth-order valence-electron chi connectivity index (χ4n) is 4.90. The van der Waals surface area contributed by atoms with Crippen LogP contribution in [0, 0.1) is 17.7 Å². The largest absolute Gasteiger partial charge is 0.383 e.